The quantitative estimate of drug-likeness (QED) is 0.504. The molecule has 1 N–H and O–H groups in total. The van der Waals surface area contributed by atoms with E-state index in [1.807, 2.05) is 0 Å². The highest BCUT2D eigenvalue weighted by Crippen LogP contribution is 2.36. The van der Waals surface area contributed by atoms with Crippen LogP contribution in [-0.2, 0) is 11.2 Å². The van der Waals surface area contributed by atoms with Crippen LogP contribution in [0.15, 0.2) is 4.99 Å². The number of hydrogen-bond acceptors (Lipinski definition) is 5. The van der Waals surface area contributed by atoms with Gasteiger partial charge in [0.1, 0.15) is 11.0 Å². The molecule has 9 heteroatoms. The Labute approximate surface area is 128 Å². The van der Waals surface area contributed by atoms with Gasteiger partial charge >= 0.3 is 5.97 Å². The first-order valence-electron chi connectivity index (χ1n) is 5.15. The molecule has 0 aliphatic rings. The van der Waals surface area contributed by atoms with Crippen molar-refractivity contribution in [1.82, 2.24) is 4.98 Å². The number of carbonyl (C=O) groups excluding carboxylic acids is 1. The van der Waals surface area contributed by atoms with E-state index in [-0.39, 0.29) is 12.1 Å². The first kappa shape index (κ1) is 16.4. The molecule has 1 aromatic rings. The molecule has 1 rings (SSSR count). The summed E-state index contributed by atoms with van der Waals surface area (Å²) in [6.07, 6.45) is 1.86. The lowest BCUT2D eigenvalue weighted by Gasteiger charge is -2.08. The predicted molar refractivity (Wildman–Crippen MR) is 74.2 cm³/mol. The van der Waals surface area contributed by atoms with Gasteiger partial charge in [0.2, 0.25) is 6.08 Å². The first-order chi connectivity index (χ1) is 8.78. The van der Waals surface area contributed by atoms with Gasteiger partial charge in [-0.05, 0) is 6.42 Å². The Balaban J connectivity index is 3.20. The molecule has 1 atom stereocenters. The van der Waals surface area contributed by atoms with Crippen LogP contribution in [0.3, 0.4) is 0 Å². The van der Waals surface area contributed by atoms with Crippen molar-refractivity contribution in [1.29, 1.82) is 0 Å². The maximum atomic E-state index is 11.1. The van der Waals surface area contributed by atoms with Gasteiger partial charge in [0.05, 0.1) is 0 Å². The van der Waals surface area contributed by atoms with Crippen molar-refractivity contribution >= 4 is 58.2 Å². The van der Waals surface area contributed by atoms with Gasteiger partial charge in [0, 0.05) is 11.3 Å². The molecule has 1 heterocycles. The van der Waals surface area contributed by atoms with Gasteiger partial charge in [-0.3, -0.25) is 0 Å². The Morgan fingerprint density at radius 1 is 1.58 bits per heavy atom. The van der Waals surface area contributed by atoms with E-state index in [0.717, 1.165) is 11.3 Å². The summed E-state index contributed by atoms with van der Waals surface area (Å²) >= 11 is 18.0. The summed E-state index contributed by atoms with van der Waals surface area (Å²) in [5, 5.41) is 9.46. The Hall–Kier alpha value is -0.650. The van der Waals surface area contributed by atoms with Crippen molar-refractivity contribution in [3.63, 3.8) is 0 Å². The topological polar surface area (TPSA) is 79.6 Å². The Kier molecular flexibility index (Phi) is 5.77. The number of thiazole rings is 1. The molecule has 0 fully saturated rings. The molecule has 19 heavy (non-hydrogen) atoms. The standard InChI is InChI=1S/C10H9Cl3N2O3S/c1-2-5(14-4-16)8-15-7(9(17)18)6(19-8)3-10(11,12)13/h5H,2-3H2,1H3,(H,17,18)/t5-/m1/s1. The molecule has 5 nitrogen and oxygen atoms in total. The second-order valence-electron chi connectivity index (χ2n) is 3.57. The summed E-state index contributed by atoms with van der Waals surface area (Å²) in [4.78, 5) is 29.3. The fourth-order valence-corrected chi connectivity index (χ4v) is 3.27. The minimum Gasteiger partial charge on any atom is -0.476 e. The normalized spacial score (nSPS) is 12.8. The minimum atomic E-state index is -1.61. The molecule has 0 amide bonds. The van der Waals surface area contributed by atoms with E-state index in [0.29, 0.717) is 16.3 Å². The molecule has 104 valence electrons. The molecule has 0 aliphatic heterocycles. The lowest BCUT2D eigenvalue weighted by atomic mass is 10.2. The summed E-state index contributed by atoms with van der Waals surface area (Å²) < 4.78 is -1.61. The predicted octanol–water partition coefficient (Wildman–Crippen LogP) is 3.54. The van der Waals surface area contributed by atoms with Gasteiger partial charge < -0.3 is 5.11 Å². The molecule has 0 spiro atoms. The zero-order valence-corrected chi connectivity index (χ0v) is 12.8. The molecule has 0 saturated carbocycles. The average molecular weight is 344 g/mol. The van der Waals surface area contributed by atoms with Gasteiger partial charge in [-0.2, -0.15) is 4.99 Å². The molecule has 1 aromatic heterocycles. The van der Waals surface area contributed by atoms with Gasteiger partial charge in [0.15, 0.2) is 9.49 Å². The van der Waals surface area contributed by atoms with E-state index in [2.05, 4.69) is 9.98 Å². The van der Waals surface area contributed by atoms with Crippen LogP contribution in [-0.4, -0.2) is 25.9 Å². The van der Waals surface area contributed by atoms with Crippen molar-refractivity contribution in [3.8, 4) is 0 Å². The zero-order valence-electron chi connectivity index (χ0n) is 9.69. The Morgan fingerprint density at radius 2 is 2.21 bits per heavy atom. The monoisotopic (exact) mass is 342 g/mol. The highest BCUT2D eigenvalue weighted by atomic mass is 35.6. The number of carbonyl (C=O) groups is 1. The maximum absolute atomic E-state index is 11.1. The van der Waals surface area contributed by atoms with Crippen LogP contribution in [0, 0.1) is 0 Å². The van der Waals surface area contributed by atoms with E-state index in [4.69, 9.17) is 39.9 Å². The third-order valence-electron chi connectivity index (χ3n) is 2.16. The number of isocyanates is 1. The lowest BCUT2D eigenvalue weighted by molar-refractivity contribution is 0.0690. The van der Waals surface area contributed by atoms with Crippen LogP contribution in [0.4, 0.5) is 0 Å². The summed E-state index contributed by atoms with van der Waals surface area (Å²) in [5.74, 6) is -1.21. The number of aromatic carboxylic acids is 1. The molecular weight excluding hydrogens is 335 g/mol. The van der Waals surface area contributed by atoms with Gasteiger partial charge in [-0.15, -0.1) is 11.3 Å². The van der Waals surface area contributed by atoms with Crippen LogP contribution < -0.4 is 0 Å². The number of carboxylic acids is 1. The van der Waals surface area contributed by atoms with E-state index >= 15 is 0 Å². The van der Waals surface area contributed by atoms with Gasteiger partial charge in [0.25, 0.3) is 0 Å². The summed E-state index contributed by atoms with van der Waals surface area (Å²) in [6, 6.07) is -0.523. The van der Waals surface area contributed by atoms with Crippen LogP contribution in [0.5, 0.6) is 0 Å². The first-order valence-corrected chi connectivity index (χ1v) is 7.10. The smallest absolute Gasteiger partial charge is 0.355 e. The number of carboxylic acid groups (broad SMARTS) is 1. The van der Waals surface area contributed by atoms with Crippen molar-refractivity contribution in [3.05, 3.63) is 15.6 Å². The molecule has 0 bridgehead atoms. The molecular formula is C10H9Cl3N2O3S. The second-order valence-corrected chi connectivity index (χ2v) is 7.20. The van der Waals surface area contributed by atoms with E-state index in [9.17, 15) is 9.59 Å². The minimum absolute atomic E-state index is 0.0712. The molecule has 0 saturated heterocycles. The van der Waals surface area contributed by atoms with Crippen molar-refractivity contribution < 1.29 is 14.7 Å². The number of nitrogens with zero attached hydrogens (tertiary/aromatic N) is 2. The third-order valence-corrected chi connectivity index (χ3v) is 3.72. The number of aliphatic imine (C=N–C) groups is 1. The molecule has 0 radical (unpaired) electrons. The zero-order chi connectivity index (χ0) is 14.6. The Morgan fingerprint density at radius 3 is 2.63 bits per heavy atom. The maximum Gasteiger partial charge on any atom is 0.355 e. The van der Waals surface area contributed by atoms with Crippen LogP contribution >= 0.6 is 46.1 Å². The SMILES string of the molecule is CC[C@@H](N=C=O)c1nc(C(=O)O)c(CC(Cl)(Cl)Cl)s1. The molecule has 0 aromatic carbocycles. The molecule has 0 aliphatic carbocycles. The highest BCUT2D eigenvalue weighted by molar-refractivity contribution is 7.12. The summed E-state index contributed by atoms with van der Waals surface area (Å²) in [6.45, 7) is 1.79. The van der Waals surface area contributed by atoms with Crippen molar-refractivity contribution in [2.45, 2.75) is 29.6 Å². The largest absolute Gasteiger partial charge is 0.476 e. The van der Waals surface area contributed by atoms with E-state index < -0.39 is 15.8 Å². The van der Waals surface area contributed by atoms with E-state index in [1.165, 1.54) is 6.08 Å². The Bertz CT molecular complexity index is 521. The summed E-state index contributed by atoms with van der Waals surface area (Å²) in [5.41, 5.74) is -0.175. The number of hydrogen-bond donors (Lipinski definition) is 1. The fourth-order valence-electron chi connectivity index (χ4n) is 1.37. The van der Waals surface area contributed by atoms with E-state index in [1.54, 1.807) is 6.92 Å². The number of aromatic nitrogens is 1. The number of rotatable bonds is 5. The van der Waals surface area contributed by atoms with Crippen molar-refractivity contribution in [2.75, 3.05) is 0 Å². The van der Waals surface area contributed by atoms with Gasteiger partial charge in [-0.25, -0.2) is 14.6 Å². The summed E-state index contributed by atoms with van der Waals surface area (Å²) in [7, 11) is 0. The second kappa shape index (κ2) is 6.68. The lowest BCUT2D eigenvalue weighted by Crippen LogP contribution is -2.10. The van der Waals surface area contributed by atoms with Crippen molar-refractivity contribution in [2.24, 2.45) is 4.99 Å². The van der Waals surface area contributed by atoms with Crippen LogP contribution in [0.1, 0.15) is 39.8 Å². The fraction of sp³-hybridized carbons (Fsp3) is 0.500. The van der Waals surface area contributed by atoms with Gasteiger partial charge in [-0.1, -0.05) is 41.7 Å². The van der Waals surface area contributed by atoms with Crippen LogP contribution in [0.25, 0.3) is 0 Å². The third kappa shape index (κ3) is 4.75. The number of halogens is 3. The average Bonchev–Trinajstić information content (AvgIpc) is 2.67. The number of alkyl halides is 3. The molecule has 0 unspecified atom stereocenters. The highest BCUT2D eigenvalue weighted by Gasteiger charge is 2.28. The van der Waals surface area contributed by atoms with Crippen LogP contribution in [0.2, 0.25) is 0 Å².